The van der Waals surface area contributed by atoms with Crippen LogP contribution in [-0.2, 0) is 21.4 Å². The fourth-order valence-corrected chi connectivity index (χ4v) is 3.76. The molecule has 9 nitrogen and oxygen atoms in total. The number of sulfonamides is 1. The molecular formula is C21H28N2O7S. The van der Waals surface area contributed by atoms with Crippen molar-refractivity contribution < 1.29 is 32.2 Å². The summed E-state index contributed by atoms with van der Waals surface area (Å²) in [7, 11) is 0.827. The Hall–Kier alpha value is -3.14. The summed E-state index contributed by atoms with van der Waals surface area (Å²) < 4.78 is 46.8. The van der Waals surface area contributed by atoms with Gasteiger partial charge in [-0.05, 0) is 48.9 Å². The zero-order chi connectivity index (χ0) is 23.0. The third kappa shape index (κ3) is 6.42. The molecular weight excluding hydrogens is 424 g/mol. The molecule has 10 heteroatoms. The van der Waals surface area contributed by atoms with Gasteiger partial charge in [-0.2, -0.15) is 0 Å². The van der Waals surface area contributed by atoms with Crippen LogP contribution in [-0.4, -0.2) is 55.1 Å². The molecule has 1 N–H and O–H groups in total. The van der Waals surface area contributed by atoms with Crippen LogP contribution < -0.4 is 28.6 Å². The molecule has 2 aromatic rings. The van der Waals surface area contributed by atoms with E-state index in [0.717, 1.165) is 10.6 Å². The van der Waals surface area contributed by atoms with E-state index in [9.17, 15) is 13.2 Å². The highest BCUT2D eigenvalue weighted by atomic mass is 32.2. The second kappa shape index (κ2) is 10.8. The van der Waals surface area contributed by atoms with Crippen molar-refractivity contribution in [3.63, 3.8) is 0 Å². The van der Waals surface area contributed by atoms with Crippen LogP contribution in [0.3, 0.4) is 0 Å². The first-order valence-electron chi connectivity index (χ1n) is 9.49. The van der Waals surface area contributed by atoms with Crippen LogP contribution in [0.4, 0.5) is 5.69 Å². The van der Waals surface area contributed by atoms with E-state index in [-0.39, 0.29) is 13.1 Å². The molecule has 0 aliphatic rings. The van der Waals surface area contributed by atoms with E-state index in [0.29, 0.717) is 40.9 Å². The van der Waals surface area contributed by atoms with Gasteiger partial charge in [-0.3, -0.25) is 9.10 Å². The SMILES string of the molecule is CCOc1ccc(N(CC(=O)NCc2cc(OC)c(OC)c(OC)c2)S(C)(=O)=O)cc1. The van der Waals surface area contributed by atoms with E-state index in [1.807, 2.05) is 6.92 Å². The van der Waals surface area contributed by atoms with E-state index in [1.54, 1.807) is 36.4 Å². The lowest BCUT2D eigenvalue weighted by molar-refractivity contribution is -0.119. The monoisotopic (exact) mass is 452 g/mol. The smallest absolute Gasteiger partial charge is 0.241 e. The summed E-state index contributed by atoms with van der Waals surface area (Å²) in [6.07, 6.45) is 1.05. The first-order chi connectivity index (χ1) is 14.7. The average molecular weight is 453 g/mol. The summed E-state index contributed by atoms with van der Waals surface area (Å²) in [5.74, 6) is 1.51. The van der Waals surface area contributed by atoms with Crippen LogP contribution in [0.2, 0.25) is 0 Å². The third-order valence-electron chi connectivity index (χ3n) is 4.34. The fourth-order valence-electron chi connectivity index (χ4n) is 2.90. The highest BCUT2D eigenvalue weighted by molar-refractivity contribution is 7.92. The number of nitrogens with one attached hydrogen (secondary N) is 1. The standard InChI is InChI=1S/C21H28N2O7S/c1-6-30-17-9-7-16(8-10-17)23(31(5,25)26)14-20(24)22-13-15-11-18(27-2)21(29-4)19(12-15)28-3/h7-12H,6,13-14H2,1-5H3,(H,22,24). The molecule has 2 rings (SSSR count). The normalized spacial score (nSPS) is 10.9. The number of carbonyl (C=O) groups is 1. The third-order valence-corrected chi connectivity index (χ3v) is 5.48. The summed E-state index contributed by atoms with van der Waals surface area (Å²) in [5, 5.41) is 2.72. The second-order valence-corrected chi connectivity index (χ2v) is 8.41. The highest BCUT2D eigenvalue weighted by Gasteiger charge is 2.21. The van der Waals surface area contributed by atoms with Crippen molar-refractivity contribution >= 4 is 21.6 Å². The maximum Gasteiger partial charge on any atom is 0.241 e. The predicted molar refractivity (Wildman–Crippen MR) is 118 cm³/mol. The van der Waals surface area contributed by atoms with E-state index in [1.165, 1.54) is 21.3 Å². The van der Waals surface area contributed by atoms with Gasteiger partial charge in [0.15, 0.2) is 11.5 Å². The van der Waals surface area contributed by atoms with Crippen molar-refractivity contribution in [3.05, 3.63) is 42.0 Å². The van der Waals surface area contributed by atoms with Crippen LogP contribution in [0.25, 0.3) is 0 Å². The number of hydrogen-bond donors (Lipinski definition) is 1. The first-order valence-corrected chi connectivity index (χ1v) is 11.3. The van der Waals surface area contributed by atoms with Crippen LogP contribution in [0.15, 0.2) is 36.4 Å². The van der Waals surface area contributed by atoms with Crippen LogP contribution in [0.5, 0.6) is 23.0 Å². The fraction of sp³-hybridized carbons (Fsp3) is 0.381. The number of rotatable bonds is 11. The van der Waals surface area contributed by atoms with Gasteiger partial charge in [0.2, 0.25) is 21.7 Å². The number of anilines is 1. The molecule has 1 amide bonds. The molecule has 0 aliphatic carbocycles. The molecule has 0 saturated heterocycles. The van der Waals surface area contributed by atoms with Crippen molar-refractivity contribution in [2.24, 2.45) is 0 Å². The number of benzene rings is 2. The molecule has 0 fully saturated rings. The Morgan fingerprint density at radius 2 is 1.58 bits per heavy atom. The Balaban J connectivity index is 2.13. The molecule has 170 valence electrons. The van der Waals surface area contributed by atoms with Crippen molar-refractivity contribution in [1.29, 1.82) is 0 Å². The summed E-state index contributed by atoms with van der Waals surface area (Å²) in [6, 6.07) is 9.93. The summed E-state index contributed by atoms with van der Waals surface area (Å²) in [4.78, 5) is 12.5. The lowest BCUT2D eigenvalue weighted by Gasteiger charge is -2.22. The van der Waals surface area contributed by atoms with E-state index >= 15 is 0 Å². The van der Waals surface area contributed by atoms with Gasteiger partial charge in [-0.1, -0.05) is 0 Å². The molecule has 0 bridgehead atoms. The largest absolute Gasteiger partial charge is 0.494 e. The van der Waals surface area contributed by atoms with Gasteiger partial charge in [-0.25, -0.2) is 8.42 Å². The first kappa shape index (κ1) is 24.1. The van der Waals surface area contributed by atoms with Gasteiger partial charge in [0.05, 0.1) is 39.9 Å². The number of carbonyl (C=O) groups excluding carboxylic acids is 1. The molecule has 0 atom stereocenters. The Morgan fingerprint density at radius 3 is 2.03 bits per heavy atom. The quantitative estimate of drug-likeness (QED) is 0.557. The molecule has 0 aromatic heterocycles. The molecule has 0 spiro atoms. The number of amides is 1. The van der Waals surface area contributed by atoms with E-state index < -0.39 is 15.9 Å². The Bertz CT molecular complexity index is 966. The van der Waals surface area contributed by atoms with Crippen LogP contribution in [0.1, 0.15) is 12.5 Å². The maximum atomic E-state index is 12.5. The summed E-state index contributed by atoms with van der Waals surface area (Å²) in [6.45, 7) is 2.14. The Morgan fingerprint density at radius 1 is 1.00 bits per heavy atom. The molecule has 0 radical (unpaired) electrons. The predicted octanol–water partition coefficient (Wildman–Crippen LogP) is 2.19. The van der Waals surface area contributed by atoms with Crippen molar-refractivity contribution in [2.45, 2.75) is 13.5 Å². The van der Waals surface area contributed by atoms with Crippen molar-refractivity contribution in [3.8, 4) is 23.0 Å². The maximum absolute atomic E-state index is 12.5. The Kier molecular flexibility index (Phi) is 8.38. The number of nitrogens with zero attached hydrogens (tertiary/aromatic N) is 1. The van der Waals surface area contributed by atoms with Gasteiger partial charge < -0.3 is 24.3 Å². The van der Waals surface area contributed by atoms with Crippen molar-refractivity contribution in [2.75, 3.05) is 45.0 Å². The number of hydrogen-bond acceptors (Lipinski definition) is 7. The average Bonchev–Trinajstić information content (AvgIpc) is 2.75. The van der Waals surface area contributed by atoms with Gasteiger partial charge >= 0.3 is 0 Å². The molecule has 0 saturated carbocycles. The lowest BCUT2D eigenvalue weighted by atomic mass is 10.1. The van der Waals surface area contributed by atoms with Crippen molar-refractivity contribution in [1.82, 2.24) is 5.32 Å². The van der Waals surface area contributed by atoms with Crippen LogP contribution >= 0.6 is 0 Å². The Labute approximate surface area is 182 Å². The lowest BCUT2D eigenvalue weighted by Crippen LogP contribution is -2.40. The zero-order valence-electron chi connectivity index (χ0n) is 18.3. The molecule has 0 heterocycles. The molecule has 0 unspecified atom stereocenters. The summed E-state index contributed by atoms with van der Waals surface area (Å²) >= 11 is 0. The van der Waals surface area contributed by atoms with Gasteiger partial charge in [0.1, 0.15) is 12.3 Å². The summed E-state index contributed by atoms with van der Waals surface area (Å²) in [5.41, 5.74) is 1.07. The number of ether oxygens (including phenoxy) is 4. The van der Waals surface area contributed by atoms with Crippen LogP contribution in [0, 0.1) is 0 Å². The minimum Gasteiger partial charge on any atom is -0.494 e. The highest BCUT2D eigenvalue weighted by Crippen LogP contribution is 2.38. The molecule has 31 heavy (non-hydrogen) atoms. The van der Waals surface area contributed by atoms with E-state index in [4.69, 9.17) is 18.9 Å². The minimum atomic E-state index is -3.68. The second-order valence-electron chi connectivity index (χ2n) is 6.51. The molecule has 0 aliphatic heterocycles. The van der Waals surface area contributed by atoms with Gasteiger partial charge in [0.25, 0.3) is 0 Å². The molecule has 2 aromatic carbocycles. The van der Waals surface area contributed by atoms with Gasteiger partial charge in [0, 0.05) is 6.54 Å². The zero-order valence-corrected chi connectivity index (χ0v) is 19.1. The van der Waals surface area contributed by atoms with E-state index in [2.05, 4.69) is 5.32 Å². The van der Waals surface area contributed by atoms with Gasteiger partial charge in [-0.15, -0.1) is 0 Å². The minimum absolute atomic E-state index is 0.149. The number of methoxy groups -OCH3 is 3. The topological polar surface area (TPSA) is 103 Å².